The molecular formula is C20H24N4OS. The van der Waals surface area contributed by atoms with Gasteiger partial charge in [-0.1, -0.05) is 48.1 Å². The quantitative estimate of drug-likeness (QED) is 0.637. The van der Waals surface area contributed by atoms with Crippen LogP contribution < -0.4 is 5.56 Å². The van der Waals surface area contributed by atoms with Gasteiger partial charge in [0.25, 0.3) is 5.56 Å². The molecule has 1 saturated carbocycles. The van der Waals surface area contributed by atoms with Crippen LogP contribution in [0.1, 0.15) is 53.9 Å². The van der Waals surface area contributed by atoms with Crippen LogP contribution in [-0.2, 0) is 13.1 Å². The van der Waals surface area contributed by atoms with Crippen LogP contribution in [0.2, 0.25) is 0 Å². The SMILES string of the molecule is CCCN(Cc1ccc(C)cc1)Cc1cc(=O)n2nc(C3CC3)sc2n1. The fraction of sp³-hybridized carbons (Fsp3) is 0.450. The third-order valence-corrected chi connectivity index (χ3v) is 5.76. The molecule has 0 aliphatic heterocycles. The maximum absolute atomic E-state index is 12.4. The zero-order valence-corrected chi connectivity index (χ0v) is 16.1. The summed E-state index contributed by atoms with van der Waals surface area (Å²) < 4.78 is 1.46. The minimum Gasteiger partial charge on any atom is -0.293 e. The summed E-state index contributed by atoms with van der Waals surface area (Å²) in [7, 11) is 0. The number of benzene rings is 1. The van der Waals surface area contributed by atoms with Crippen LogP contribution in [0.5, 0.6) is 0 Å². The molecule has 136 valence electrons. The summed E-state index contributed by atoms with van der Waals surface area (Å²) in [5.74, 6) is 0.544. The van der Waals surface area contributed by atoms with Crippen molar-refractivity contribution in [2.45, 2.75) is 52.1 Å². The highest BCUT2D eigenvalue weighted by Crippen LogP contribution is 2.41. The highest BCUT2D eigenvalue weighted by Gasteiger charge is 2.28. The molecule has 6 heteroatoms. The average molecular weight is 369 g/mol. The molecule has 0 unspecified atom stereocenters. The molecule has 0 amide bonds. The number of nitrogens with zero attached hydrogens (tertiary/aromatic N) is 4. The second-order valence-electron chi connectivity index (χ2n) is 7.19. The molecule has 2 heterocycles. The van der Waals surface area contributed by atoms with E-state index in [0.29, 0.717) is 12.5 Å². The van der Waals surface area contributed by atoms with Crippen LogP contribution in [0.4, 0.5) is 0 Å². The lowest BCUT2D eigenvalue weighted by Gasteiger charge is -2.21. The van der Waals surface area contributed by atoms with E-state index in [1.54, 1.807) is 17.4 Å². The van der Waals surface area contributed by atoms with Crippen molar-refractivity contribution in [2.75, 3.05) is 6.54 Å². The van der Waals surface area contributed by atoms with E-state index in [-0.39, 0.29) is 5.56 Å². The molecule has 1 aliphatic rings. The fourth-order valence-corrected chi connectivity index (χ4v) is 4.25. The van der Waals surface area contributed by atoms with Gasteiger partial charge in [0.1, 0.15) is 5.01 Å². The predicted octanol–water partition coefficient (Wildman–Crippen LogP) is 3.75. The van der Waals surface area contributed by atoms with Gasteiger partial charge < -0.3 is 0 Å². The van der Waals surface area contributed by atoms with E-state index in [0.717, 1.165) is 35.2 Å². The van der Waals surface area contributed by atoms with Crippen LogP contribution in [0, 0.1) is 6.92 Å². The molecule has 26 heavy (non-hydrogen) atoms. The van der Waals surface area contributed by atoms with Crippen LogP contribution in [-0.4, -0.2) is 26.0 Å². The van der Waals surface area contributed by atoms with Gasteiger partial charge >= 0.3 is 0 Å². The highest BCUT2D eigenvalue weighted by atomic mass is 32.1. The van der Waals surface area contributed by atoms with E-state index in [1.807, 2.05) is 0 Å². The third-order valence-electron chi connectivity index (χ3n) is 4.69. The Labute approximate surface area is 157 Å². The second-order valence-corrected chi connectivity index (χ2v) is 8.18. The van der Waals surface area contributed by atoms with E-state index >= 15 is 0 Å². The first-order valence-corrected chi connectivity index (χ1v) is 10.1. The minimum absolute atomic E-state index is 0.0695. The number of aromatic nitrogens is 3. The lowest BCUT2D eigenvalue weighted by atomic mass is 10.1. The first kappa shape index (κ1) is 17.4. The monoisotopic (exact) mass is 368 g/mol. The Balaban J connectivity index is 1.56. The molecule has 0 N–H and O–H groups in total. The maximum atomic E-state index is 12.4. The Hall–Kier alpha value is -2.05. The molecular weight excluding hydrogens is 344 g/mol. The zero-order valence-electron chi connectivity index (χ0n) is 15.3. The van der Waals surface area contributed by atoms with Gasteiger partial charge in [-0.05, 0) is 38.3 Å². The summed E-state index contributed by atoms with van der Waals surface area (Å²) in [5.41, 5.74) is 3.32. The van der Waals surface area contributed by atoms with Crippen molar-refractivity contribution in [3.8, 4) is 0 Å². The van der Waals surface area contributed by atoms with Gasteiger partial charge in [-0.3, -0.25) is 9.69 Å². The summed E-state index contributed by atoms with van der Waals surface area (Å²) in [4.78, 5) is 20.2. The smallest absolute Gasteiger partial charge is 0.275 e. The first-order chi connectivity index (χ1) is 12.6. The topological polar surface area (TPSA) is 50.5 Å². The van der Waals surface area contributed by atoms with Gasteiger partial charge in [-0.2, -0.15) is 9.61 Å². The van der Waals surface area contributed by atoms with Gasteiger partial charge in [0.05, 0.1) is 5.69 Å². The van der Waals surface area contributed by atoms with Crippen LogP contribution >= 0.6 is 11.3 Å². The molecule has 1 aromatic carbocycles. The number of aryl methyl sites for hydroxylation is 1. The second kappa shape index (κ2) is 7.29. The average Bonchev–Trinajstić information content (AvgIpc) is 3.37. The van der Waals surface area contributed by atoms with Gasteiger partial charge in [-0.15, -0.1) is 0 Å². The predicted molar refractivity (Wildman–Crippen MR) is 105 cm³/mol. The summed E-state index contributed by atoms with van der Waals surface area (Å²) in [6.45, 7) is 6.81. The molecule has 4 rings (SSSR count). The minimum atomic E-state index is -0.0695. The Morgan fingerprint density at radius 2 is 2.00 bits per heavy atom. The van der Waals surface area contributed by atoms with E-state index in [1.165, 1.54) is 28.5 Å². The van der Waals surface area contributed by atoms with Crippen molar-refractivity contribution in [1.82, 2.24) is 19.5 Å². The third kappa shape index (κ3) is 3.86. The van der Waals surface area contributed by atoms with E-state index < -0.39 is 0 Å². The first-order valence-electron chi connectivity index (χ1n) is 9.30. The molecule has 2 aromatic heterocycles. The van der Waals surface area contributed by atoms with Gasteiger partial charge in [0, 0.05) is 25.1 Å². The molecule has 1 fully saturated rings. The molecule has 3 aromatic rings. The van der Waals surface area contributed by atoms with E-state index in [2.05, 4.69) is 48.1 Å². The van der Waals surface area contributed by atoms with Crippen LogP contribution in [0.25, 0.3) is 4.96 Å². The van der Waals surface area contributed by atoms with E-state index in [9.17, 15) is 4.79 Å². The molecule has 5 nitrogen and oxygen atoms in total. The lowest BCUT2D eigenvalue weighted by Crippen LogP contribution is -2.26. The van der Waals surface area contributed by atoms with Gasteiger partial charge in [-0.25, -0.2) is 4.98 Å². The number of hydrogen-bond donors (Lipinski definition) is 0. The van der Waals surface area contributed by atoms with Crippen molar-refractivity contribution in [1.29, 1.82) is 0 Å². The number of rotatable bonds is 7. The number of fused-ring (bicyclic) bond motifs is 1. The van der Waals surface area contributed by atoms with Crippen molar-refractivity contribution in [3.05, 3.63) is 62.5 Å². The van der Waals surface area contributed by atoms with Crippen LogP contribution in [0.3, 0.4) is 0 Å². The lowest BCUT2D eigenvalue weighted by molar-refractivity contribution is 0.254. The summed E-state index contributed by atoms with van der Waals surface area (Å²) in [5, 5.41) is 5.51. The van der Waals surface area contributed by atoms with Gasteiger partial charge in [0.2, 0.25) is 4.96 Å². The van der Waals surface area contributed by atoms with Crippen molar-refractivity contribution >= 4 is 16.3 Å². The Kier molecular flexibility index (Phi) is 4.87. The van der Waals surface area contributed by atoms with Crippen molar-refractivity contribution < 1.29 is 0 Å². The Bertz CT molecular complexity index is 956. The molecule has 1 aliphatic carbocycles. The van der Waals surface area contributed by atoms with Gasteiger partial charge in [0.15, 0.2) is 0 Å². The normalized spacial score (nSPS) is 14.4. The van der Waals surface area contributed by atoms with Crippen molar-refractivity contribution in [3.63, 3.8) is 0 Å². The van der Waals surface area contributed by atoms with Crippen molar-refractivity contribution in [2.24, 2.45) is 0 Å². The molecule has 0 radical (unpaired) electrons. The zero-order chi connectivity index (χ0) is 18.1. The fourth-order valence-electron chi connectivity index (χ4n) is 3.16. The largest absolute Gasteiger partial charge is 0.293 e. The standard InChI is InChI=1S/C20H24N4OS/c1-3-10-23(12-15-6-4-14(2)5-7-15)13-17-11-18(25)24-20(21-17)26-19(22-24)16-8-9-16/h4-7,11,16H,3,8-10,12-13H2,1-2H3. The number of hydrogen-bond acceptors (Lipinski definition) is 5. The Morgan fingerprint density at radius 3 is 2.69 bits per heavy atom. The summed E-state index contributed by atoms with van der Waals surface area (Å²) in [6.07, 6.45) is 3.43. The molecule has 0 saturated heterocycles. The maximum Gasteiger partial charge on any atom is 0.275 e. The molecule has 0 atom stereocenters. The molecule has 0 spiro atoms. The highest BCUT2D eigenvalue weighted by molar-refractivity contribution is 7.16. The van der Waals surface area contributed by atoms with Crippen LogP contribution in [0.15, 0.2) is 35.1 Å². The summed E-state index contributed by atoms with van der Waals surface area (Å²) >= 11 is 1.56. The Morgan fingerprint density at radius 1 is 1.23 bits per heavy atom. The molecule has 0 bridgehead atoms. The van der Waals surface area contributed by atoms with E-state index in [4.69, 9.17) is 4.98 Å². The summed E-state index contributed by atoms with van der Waals surface area (Å²) in [6, 6.07) is 10.3.